The number of hydrogen-bond donors (Lipinski definition) is 2. The summed E-state index contributed by atoms with van der Waals surface area (Å²) in [6, 6.07) is 8.59. The van der Waals surface area contributed by atoms with Gasteiger partial charge in [0, 0.05) is 10.9 Å². The average Bonchev–Trinajstić information content (AvgIpc) is 2.30. The molecule has 16 heavy (non-hydrogen) atoms. The second kappa shape index (κ2) is 6.74. The van der Waals surface area contributed by atoms with Crippen molar-refractivity contribution in [3.05, 3.63) is 42.0 Å². The lowest BCUT2D eigenvalue weighted by molar-refractivity contribution is 0.509. The number of nitrogens with two attached hydrogens (primary N) is 1. The predicted molar refractivity (Wildman–Crippen MR) is 72.3 cm³/mol. The molecule has 88 valence electrons. The van der Waals surface area contributed by atoms with Crippen LogP contribution in [0, 0.1) is 0 Å². The molecule has 3 N–H and O–H groups in total. The second-order valence-corrected chi connectivity index (χ2v) is 4.81. The molecule has 0 radical (unpaired) electrons. The van der Waals surface area contributed by atoms with E-state index in [1.807, 2.05) is 6.92 Å². The van der Waals surface area contributed by atoms with Crippen molar-refractivity contribution in [2.45, 2.75) is 30.7 Å². The highest BCUT2D eigenvalue weighted by molar-refractivity contribution is 7.98. The van der Waals surface area contributed by atoms with Crippen molar-refractivity contribution < 1.29 is 0 Å². The largest absolute Gasteiger partial charge is 0.271 e. The van der Waals surface area contributed by atoms with Gasteiger partial charge >= 0.3 is 0 Å². The van der Waals surface area contributed by atoms with Gasteiger partial charge in [-0.1, -0.05) is 23.8 Å². The third-order valence-corrected chi connectivity index (χ3v) is 3.39. The van der Waals surface area contributed by atoms with Gasteiger partial charge in [-0.05, 0) is 37.7 Å². The van der Waals surface area contributed by atoms with Gasteiger partial charge in [-0.3, -0.25) is 11.3 Å². The number of allylic oxidation sites excluding steroid dienone is 1. The molecule has 1 aromatic carbocycles. The molecule has 0 aliphatic rings. The predicted octanol–water partition coefficient (Wildman–Crippen LogP) is 3.27. The molecule has 1 aromatic rings. The van der Waals surface area contributed by atoms with Gasteiger partial charge < -0.3 is 0 Å². The Morgan fingerprint density at radius 1 is 1.50 bits per heavy atom. The van der Waals surface area contributed by atoms with Gasteiger partial charge in [-0.15, -0.1) is 18.3 Å². The van der Waals surface area contributed by atoms with Crippen molar-refractivity contribution in [2.75, 3.05) is 6.26 Å². The lowest BCUT2D eigenvalue weighted by atomic mass is 10.0. The van der Waals surface area contributed by atoms with Crippen LogP contribution in [-0.2, 0) is 0 Å². The van der Waals surface area contributed by atoms with E-state index in [9.17, 15) is 0 Å². The molecular formula is C13H20N2S. The van der Waals surface area contributed by atoms with Crippen LogP contribution in [0.2, 0.25) is 0 Å². The summed E-state index contributed by atoms with van der Waals surface area (Å²) in [5, 5.41) is 0. The summed E-state index contributed by atoms with van der Waals surface area (Å²) < 4.78 is 0. The van der Waals surface area contributed by atoms with Gasteiger partial charge in [0.25, 0.3) is 0 Å². The van der Waals surface area contributed by atoms with E-state index in [-0.39, 0.29) is 6.04 Å². The Bertz CT molecular complexity index is 350. The summed E-state index contributed by atoms with van der Waals surface area (Å²) in [5.41, 5.74) is 5.37. The maximum absolute atomic E-state index is 5.63. The Kier molecular flexibility index (Phi) is 5.60. The highest BCUT2D eigenvalue weighted by Crippen LogP contribution is 2.28. The van der Waals surface area contributed by atoms with Crippen molar-refractivity contribution in [3.63, 3.8) is 0 Å². The third kappa shape index (κ3) is 3.67. The minimum absolute atomic E-state index is 0.209. The highest BCUT2D eigenvalue weighted by Gasteiger charge is 2.12. The Hall–Kier alpha value is -0.770. The summed E-state index contributed by atoms with van der Waals surface area (Å²) >= 11 is 1.76. The number of thioether (sulfide) groups is 1. The van der Waals surface area contributed by atoms with Gasteiger partial charge in [0.1, 0.15) is 0 Å². The van der Waals surface area contributed by atoms with Crippen LogP contribution in [0.4, 0.5) is 0 Å². The first-order valence-electron chi connectivity index (χ1n) is 5.42. The lowest BCUT2D eigenvalue weighted by Crippen LogP contribution is -2.28. The normalized spacial score (nSPS) is 12.4. The van der Waals surface area contributed by atoms with Crippen molar-refractivity contribution in [1.82, 2.24) is 5.43 Å². The Morgan fingerprint density at radius 2 is 2.19 bits per heavy atom. The fourth-order valence-corrected chi connectivity index (χ4v) is 2.33. The van der Waals surface area contributed by atoms with E-state index in [0.717, 1.165) is 12.8 Å². The van der Waals surface area contributed by atoms with Crippen LogP contribution in [0.15, 0.2) is 41.3 Å². The summed E-state index contributed by atoms with van der Waals surface area (Å²) in [7, 11) is 0. The molecule has 0 bridgehead atoms. The summed E-state index contributed by atoms with van der Waals surface area (Å²) in [4.78, 5) is 1.28. The zero-order chi connectivity index (χ0) is 12.0. The molecule has 0 heterocycles. The summed E-state index contributed by atoms with van der Waals surface area (Å²) in [5.74, 6) is 5.63. The molecule has 0 aliphatic heterocycles. The van der Waals surface area contributed by atoms with Crippen molar-refractivity contribution in [2.24, 2.45) is 5.84 Å². The Balaban J connectivity index is 2.81. The summed E-state index contributed by atoms with van der Waals surface area (Å²) in [6.45, 7) is 5.97. The van der Waals surface area contributed by atoms with Crippen LogP contribution in [0.3, 0.4) is 0 Å². The standard InChI is InChI=1S/C13H20N2S/c1-10(2)8-9-12(15-14)11-6-4-5-7-13(11)16-3/h4-7,12,15H,1,8-9,14H2,2-3H3. The number of nitrogens with one attached hydrogen (secondary N) is 1. The molecule has 3 heteroatoms. The maximum atomic E-state index is 5.63. The monoisotopic (exact) mass is 236 g/mol. The molecule has 1 rings (SSSR count). The van der Waals surface area contributed by atoms with Crippen LogP contribution in [0.25, 0.3) is 0 Å². The number of rotatable bonds is 6. The minimum atomic E-state index is 0.209. The smallest absolute Gasteiger partial charge is 0.0474 e. The fraction of sp³-hybridized carbons (Fsp3) is 0.385. The second-order valence-electron chi connectivity index (χ2n) is 3.96. The molecule has 0 saturated carbocycles. The first kappa shape index (κ1) is 13.3. The molecule has 0 saturated heterocycles. The number of hydrogen-bond acceptors (Lipinski definition) is 3. The van der Waals surface area contributed by atoms with Gasteiger partial charge in [-0.2, -0.15) is 0 Å². The third-order valence-electron chi connectivity index (χ3n) is 2.58. The number of benzene rings is 1. The van der Waals surface area contributed by atoms with Crippen molar-refractivity contribution in [1.29, 1.82) is 0 Å². The Morgan fingerprint density at radius 3 is 2.75 bits per heavy atom. The van der Waals surface area contributed by atoms with E-state index in [4.69, 9.17) is 5.84 Å². The van der Waals surface area contributed by atoms with E-state index < -0.39 is 0 Å². The molecule has 0 fully saturated rings. The zero-order valence-electron chi connectivity index (χ0n) is 9.99. The first-order valence-corrected chi connectivity index (χ1v) is 6.65. The first-order chi connectivity index (χ1) is 7.69. The number of hydrazine groups is 1. The van der Waals surface area contributed by atoms with Crippen molar-refractivity contribution in [3.8, 4) is 0 Å². The quantitative estimate of drug-likeness (QED) is 0.344. The molecule has 0 amide bonds. The van der Waals surface area contributed by atoms with Crippen LogP contribution < -0.4 is 11.3 Å². The summed E-state index contributed by atoms with van der Waals surface area (Å²) in [6.07, 6.45) is 4.08. The Labute approximate surface area is 102 Å². The molecule has 0 spiro atoms. The van der Waals surface area contributed by atoms with Gasteiger partial charge in [0.2, 0.25) is 0 Å². The molecule has 0 aliphatic carbocycles. The molecule has 0 aromatic heterocycles. The van der Waals surface area contributed by atoms with E-state index in [1.165, 1.54) is 16.0 Å². The molecule has 2 nitrogen and oxygen atoms in total. The molecule has 1 unspecified atom stereocenters. The minimum Gasteiger partial charge on any atom is -0.271 e. The lowest BCUT2D eigenvalue weighted by Gasteiger charge is -2.18. The zero-order valence-corrected chi connectivity index (χ0v) is 10.8. The van der Waals surface area contributed by atoms with E-state index in [0.29, 0.717) is 0 Å². The van der Waals surface area contributed by atoms with E-state index in [2.05, 4.69) is 42.5 Å². The highest BCUT2D eigenvalue weighted by atomic mass is 32.2. The van der Waals surface area contributed by atoms with Gasteiger partial charge in [0.15, 0.2) is 0 Å². The van der Waals surface area contributed by atoms with Crippen LogP contribution in [-0.4, -0.2) is 6.26 Å². The molecule has 1 atom stereocenters. The molecular weight excluding hydrogens is 216 g/mol. The van der Waals surface area contributed by atoms with Crippen LogP contribution in [0.1, 0.15) is 31.4 Å². The fourth-order valence-electron chi connectivity index (χ4n) is 1.67. The topological polar surface area (TPSA) is 38.0 Å². The average molecular weight is 236 g/mol. The van der Waals surface area contributed by atoms with Crippen LogP contribution >= 0.6 is 11.8 Å². The van der Waals surface area contributed by atoms with Gasteiger partial charge in [-0.25, -0.2) is 0 Å². The van der Waals surface area contributed by atoms with E-state index in [1.54, 1.807) is 11.8 Å². The van der Waals surface area contributed by atoms with E-state index >= 15 is 0 Å². The SMILES string of the molecule is C=C(C)CCC(NN)c1ccccc1SC. The van der Waals surface area contributed by atoms with Crippen LogP contribution in [0.5, 0.6) is 0 Å². The maximum Gasteiger partial charge on any atom is 0.0474 e. The van der Waals surface area contributed by atoms with Gasteiger partial charge in [0.05, 0.1) is 0 Å². The van der Waals surface area contributed by atoms with Crippen molar-refractivity contribution >= 4 is 11.8 Å².